The van der Waals surface area contributed by atoms with Gasteiger partial charge in [-0.2, -0.15) is 5.10 Å². The van der Waals surface area contributed by atoms with Gasteiger partial charge in [-0.05, 0) is 48.4 Å². The molecule has 0 N–H and O–H groups in total. The van der Waals surface area contributed by atoms with Crippen LogP contribution in [0.4, 0.5) is 0 Å². The summed E-state index contributed by atoms with van der Waals surface area (Å²) in [5.41, 5.74) is 3.63. The monoisotopic (exact) mass is 370 g/mol. The average Bonchev–Trinajstić information content (AvgIpc) is 3.41. The Labute approximate surface area is 161 Å². The van der Waals surface area contributed by atoms with Gasteiger partial charge in [-0.15, -0.1) is 0 Å². The smallest absolute Gasteiger partial charge is 0.253 e. The van der Waals surface area contributed by atoms with Crippen LogP contribution in [-0.2, 0) is 0 Å². The zero-order valence-corrected chi connectivity index (χ0v) is 15.1. The van der Waals surface area contributed by atoms with Crippen molar-refractivity contribution in [3.8, 4) is 11.1 Å². The normalized spacial score (nSPS) is 16.6. The van der Waals surface area contributed by atoms with Crippen LogP contribution in [0.25, 0.3) is 16.8 Å². The molecule has 1 aliphatic rings. The molecule has 4 aromatic heterocycles. The van der Waals surface area contributed by atoms with E-state index in [0.29, 0.717) is 18.7 Å². The predicted octanol–water partition coefficient (Wildman–Crippen LogP) is 2.82. The third-order valence-corrected chi connectivity index (χ3v) is 5.13. The van der Waals surface area contributed by atoms with E-state index < -0.39 is 0 Å². The summed E-state index contributed by atoms with van der Waals surface area (Å²) < 4.78 is 1.82. The standard InChI is InChI=1S/C21H18N6O/c28-21(16-5-10-23-11-6-16)26-12-7-18(13-26)20-24-19-2-1-17(14-27(19)25-20)15-3-8-22-9-4-15/h1-6,8-11,14,18H,7,12-13H2. The highest BCUT2D eigenvalue weighted by molar-refractivity contribution is 5.94. The summed E-state index contributed by atoms with van der Waals surface area (Å²) in [6.07, 6.45) is 9.69. The Bertz CT molecular complexity index is 1130. The molecule has 28 heavy (non-hydrogen) atoms. The molecule has 5 heterocycles. The lowest BCUT2D eigenvalue weighted by Crippen LogP contribution is -2.28. The highest BCUT2D eigenvalue weighted by atomic mass is 16.2. The summed E-state index contributed by atoms with van der Waals surface area (Å²) in [5, 5.41) is 4.69. The minimum absolute atomic E-state index is 0.0358. The van der Waals surface area contributed by atoms with Gasteiger partial charge < -0.3 is 4.90 Å². The van der Waals surface area contributed by atoms with Gasteiger partial charge in [0.25, 0.3) is 5.91 Å². The van der Waals surface area contributed by atoms with Gasteiger partial charge in [0.05, 0.1) is 0 Å². The van der Waals surface area contributed by atoms with Crippen LogP contribution in [0.1, 0.15) is 28.5 Å². The molecule has 0 radical (unpaired) electrons. The first kappa shape index (κ1) is 16.6. The van der Waals surface area contributed by atoms with E-state index in [-0.39, 0.29) is 11.8 Å². The first-order valence-corrected chi connectivity index (χ1v) is 9.24. The molecular weight excluding hydrogens is 352 g/mol. The van der Waals surface area contributed by atoms with Crippen molar-refractivity contribution in [2.75, 3.05) is 13.1 Å². The Morgan fingerprint density at radius 3 is 2.46 bits per heavy atom. The molecule has 0 bridgehead atoms. The van der Waals surface area contributed by atoms with Crippen LogP contribution in [0.2, 0.25) is 0 Å². The maximum Gasteiger partial charge on any atom is 0.253 e. The highest BCUT2D eigenvalue weighted by Crippen LogP contribution is 2.27. The molecule has 7 heteroatoms. The molecule has 1 amide bonds. The number of fused-ring (bicyclic) bond motifs is 1. The molecule has 7 nitrogen and oxygen atoms in total. The number of amides is 1. The Morgan fingerprint density at radius 1 is 0.929 bits per heavy atom. The molecule has 4 aromatic rings. The van der Waals surface area contributed by atoms with Crippen LogP contribution < -0.4 is 0 Å². The fraction of sp³-hybridized carbons (Fsp3) is 0.190. The number of pyridine rings is 3. The number of hydrogen-bond acceptors (Lipinski definition) is 5. The zero-order chi connectivity index (χ0) is 18.9. The Balaban J connectivity index is 1.37. The summed E-state index contributed by atoms with van der Waals surface area (Å²) in [7, 11) is 0. The van der Waals surface area contributed by atoms with Crippen molar-refractivity contribution in [1.82, 2.24) is 29.5 Å². The molecule has 0 spiro atoms. The maximum absolute atomic E-state index is 12.6. The Hall–Kier alpha value is -3.61. The SMILES string of the molecule is O=C(c1ccncc1)N1CCC(c2nc3ccc(-c4ccncc4)cn3n2)C1. The lowest BCUT2D eigenvalue weighted by molar-refractivity contribution is 0.0790. The first-order valence-electron chi connectivity index (χ1n) is 9.24. The predicted molar refractivity (Wildman–Crippen MR) is 104 cm³/mol. The Morgan fingerprint density at radius 2 is 1.68 bits per heavy atom. The lowest BCUT2D eigenvalue weighted by Gasteiger charge is -2.15. The van der Waals surface area contributed by atoms with Crippen LogP contribution in [0.3, 0.4) is 0 Å². The van der Waals surface area contributed by atoms with E-state index >= 15 is 0 Å². The van der Waals surface area contributed by atoms with Gasteiger partial charge in [0.15, 0.2) is 11.5 Å². The molecule has 0 aliphatic carbocycles. The highest BCUT2D eigenvalue weighted by Gasteiger charge is 2.30. The zero-order valence-electron chi connectivity index (χ0n) is 15.1. The van der Waals surface area contributed by atoms with Crippen LogP contribution in [0.15, 0.2) is 67.4 Å². The van der Waals surface area contributed by atoms with E-state index in [2.05, 4.69) is 20.1 Å². The van der Waals surface area contributed by atoms with E-state index in [4.69, 9.17) is 0 Å². The largest absolute Gasteiger partial charge is 0.338 e. The molecule has 0 aromatic carbocycles. The summed E-state index contributed by atoms with van der Waals surface area (Å²) >= 11 is 0. The van der Waals surface area contributed by atoms with Gasteiger partial charge in [0.1, 0.15) is 0 Å². The Kier molecular flexibility index (Phi) is 4.05. The lowest BCUT2D eigenvalue weighted by atomic mass is 10.1. The van der Waals surface area contributed by atoms with Gasteiger partial charge in [-0.3, -0.25) is 14.8 Å². The molecule has 5 rings (SSSR count). The van der Waals surface area contributed by atoms with Gasteiger partial charge >= 0.3 is 0 Å². The number of carbonyl (C=O) groups is 1. The summed E-state index contributed by atoms with van der Waals surface area (Å²) in [5.74, 6) is 0.973. The minimum atomic E-state index is 0.0358. The maximum atomic E-state index is 12.6. The van der Waals surface area contributed by atoms with E-state index in [1.54, 1.807) is 36.9 Å². The van der Waals surface area contributed by atoms with Crippen molar-refractivity contribution in [2.45, 2.75) is 12.3 Å². The molecule has 1 saturated heterocycles. The van der Waals surface area contributed by atoms with Crippen molar-refractivity contribution in [2.24, 2.45) is 0 Å². The number of rotatable bonds is 3. The number of aromatic nitrogens is 5. The van der Waals surface area contributed by atoms with Crippen LogP contribution in [-0.4, -0.2) is 48.5 Å². The van der Waals surface area contributed by atoms with Crippen LogP contribution >= 0.6 is 0 Å². The number of nitrogens with zero attached hydrogens (tertiary/aromatic N) is 6. The quantitative estimate of drug-likeness (QED) is 0.554. The molecule has 1 atom stereocenters. The van der Waals surface area contributed by atoms with Crippen LogP contribution in [0.5, 0.6) is 0 Å². The second-order valence-electron chi connectivity index (χ2n) is 6.90. The summed E-state index contributed by atoms with van der Waals surface area (Å²) in [6.45, 7) is 1.35. The van der Waals surface area contributed by atoms with E-state index in [9.17, 15) is 4.79 Å². The van der Waals surface area contributed by atoms with Crippen molar-refractivity contribution in [3.05, 3.63) is 78.8 Å². The third-order valence-electron chi connectivity index (χ3n) is 5.13. The molecule has 1 unspecified atom stereocenters. The third kappa shape index (κ3) is 3.00. The fourth-order valence-corrected chi connectivity index (χ4v) is 3.62. The van der Waals surface area contributed by atoms with Gasteiger partial charge in [-0.25, -0.2) is 9.50 Å². The van der Waals surface area contributed by atoms with Gasteiger partial charge in [0, 0.05) is 61.1 Å². The molecule has 1 aliphatic heterocycles. The molecule has 138 valence electrons. The second-order valence-corrected chi connectivity index (χ2v) is 6.90. The molecule has 0 saturated carbocycles. The van der Waals surface area contributed by atoms with Crippen molar-refractivity contribution in [3.63, 3.8) is 0 Å². The minimum Gasteiger partial charge on any atom is -0.338 e. The number of carbonyl (C=O) groups excluding carboxylic acids is 1. The van der Waals surface area contributed by atoms with E-state index in [1.165, 1.54) is 0 Å². The molecule has 1 fully saturated rings. The number of hydrogen-bond donors (Lipinski definition) is 0. The molecular formula is C21H18N6O. The van der Waals surface area contributed by atoms with E-state index in [0.717, 1.165) is 29.0 Å². The topological polar surface area (TPSA) is 76.3 Å². The van der Waals surface area contributed by atoms with Crippen molar-refractivity contribution >= 4 is 11.6 Å². The van der Waals surface area contributed by atoms with Crippen molar-refractivity contribution in [1.29, 1.82) is 0 Å². The van der Waals surface area contributed by atoms with Gasteiger partial charge in [-0.1, -0.05) is 0 Å². The van der Waals surface area contributed by atoms with Crippen LogP contribution in [0, 0.1) is 0 Å². The first-order chi connectivity index (χ1) is 13.8. The summed E-state index contributed by atoms with van der Waals surface area (Å²) in [4.78, 5) is 27.2. The summed E-state index contributed by atoms with van der Waals surface area (Å²) in [6, 6.07) is 11.5. The van der Waals surface area contributed by atoms with Gasteiger partial charge in [0.2, 0.25) is 0 Å². The number of likely N-dealkylation sites (tertiary alicyclic amines) is 1. The van der Waals surface area contributed by atoms with Crippen molar-refractivity contribution < 1.29 is 4.79 Å². The van der Waals surface area contributed by atoms with E-state index in [1.807, 2.05) is 39.9 Å². The fourth-order valence-electron chi connectivity index (χ4n) is 3.62. The second kappa shape index (κ2) is 6.84. The average molecular weight is 370 g/mol.